The lowest BCUT2D eigenvalue weighted by Crippen LogP contribution is -2.41. The third kappa shape index (κ3) is 3.40. The number of thioether (sulfide) groups is 1. The van der Waals surface area contributed by atoms with Crippen LogP contribution in [0.25, 0.3) is 0 Å². The number of aliphatic hydroxyl groups excluding tert-OH is 1. The van der Waals surface area contributed by atoms with Crippen molar-refractivity contribution in [3.8, 4) is 0 Å². The SMILES string of the molecule is C[C@H](O)CNC(=O)N[C@H]1CCSc2ccccc21. The van der Waals surface area contributed by atoms with Gasteiger partial charge >= 0.3 is 6.03 Å². The fourth-order valence-corrected chi connectivity index (χ4v) is 3.07. The molecule has 0 saturated heterocycles. The van der Waals surface area contributed by atoms with Crippen LogP contribution in [-0.2, 0) is 0 Å². The number of urea groups is 1. The topological polar surface area (TPSA) is 61.4 Å². The van der Waals surface area contributed by atoms with Crippen LogP contribution in [0.3, 0.4) is 0 Å². The Morgan fingerprint density at radius 1 is 1.56 bits per heavy atom. The van der Waals surface area contributed by atoms with Gasteiger partial charge in [0.15, 0.2) is 0 Å². The van der Waals surface area contributed by atoms with Gasteiger partial charge < -0.3 is 15.7 Å². The lowest BCUT2D eigenvalue weighted by atomic mass is 10.0. The van der Waals surface area contributed by atoms with Crippen LogP contribution in [0.2, 0.25) is 0 Å². The molecule has 1 aliphatic rings. The molecule has 0 bridgehead atoms. The number of hydrogen-bond acceptors (Lipinski definition) is 3. The highest BCUT2D eigenvalue weighted by molar-refractivity contribution is 7.99. The Labute approximate surface area is 111 Å². The third-order valence-corrected chi connectivity index (χ3v) is 3.94. The van der Waals surface area contributed by atoms with E-state index in [1.54, 1.807) is 6.92 Å². The zero-order valence-corrected chi connectivity index (χ0v) is 11.2. The van der Waals surface area contributed by atoms with Crippen molar-refractivity contribution in [3.63, 3.8) is 0 Å². The van der Waals surface area contributed by atoms with Crippen LogP contribution < -0.4 is 10.6 Å². The fourth-order valence-electron chi connectivity index (χ4n) is 1.94. The van der Waals surface area contributed by atoms with Gasteiger partial charge in [-0.2, -0.15) is 0 Å². The molecule has 1 aliphatic heterocycles. The molecule has 1 heterocycles. The maximum absolute atomic E-state index is 11.7. The summed E-state index contributed by atoms with van der Waals surface area (Å²) in [7, 11) is 0. The molecule has 0 unspecified atom stereocenters. The number of nitrogens with one attached hydrogen (secondary N) is 2. The maximum atomic E-state index is 11.7. The Kier molecular flexibility index (Phi) is 4.49. The number of aliphatic hydroxyl groups is 1. The van der Waals surface area contributed by atoms with E-state index in [9.17, 15) is 4.79 Å². The second-order valence-electron chi connectivity index (χ2n) is 4.43. The molecule has 0 fully saturated rings. The molecular weight excluding hydrogens is 248 g/mol. The van der Waals surface area contributed by atoms with Crippen molar-refractivity contribution in [1.82, 2.24) is 10.6 Å². The minimum absolute atomic E-state index is 0.0662. The van der Waals surface area contributed by atoms with Gasteiger partial charge in [0, 0.05) is 17.2 Å². The highest BCUT2D eigenvalue weighted by Gasteiger charge is 2.21. The van der Waals surface area contributed by atoms with Crippen molar-refractivity contribution >= 4 is 17.8 Å². The van der Waals surface area contributed by atoms with Crippen molar-refractivity contribution in [2.45, 2.75) is 30.4 Å². The van der Waals surface area contributed by atoms with Crippen LogP contribution >= 0.6 is 11.8 Å². The molecule has 5 heteroatoms. The molecule has 0 spiro atoms. The summed E-state index contributed by atoms with van der Waals surface area (Å²) in [4.78, 5) is 12.9. The molecule has 0 radical (unpaired) electrons. The summed E-state index contributed by atoms with van der Waals surface area (Å²) >= 11 is 1.83. The van der Waals surface area contributed by atoms with Crippen LogP contribution in [0.1, 0.15) is 24.9 Å². The van der Waals surface area contributed by atoms with Gasteiger partial charge in [-0.3, -0.25) is 0 Å². The summed E-state index contributed by atoms with van der Waals surface area (Å²) in [6.45, 7) is 1.92. The number of carbonyl (C=O) groups is 1. The lowest BCUT2D eigenvalue weighted by molar-refractivity contribution is 0.186. The molecule has 0 aromatic heterocycles. The van der Waals surface area contributed by atoms with E-state index in [4.69, 9.17) is 5.11 Å². The van der Waals surface area contributed by atoms with Crippen molar-refractivity contribution in [2.24, 2.45) is 0 Å². The second-order valence-corrected chi connectivity index (χ2v) is 5.57. The summed E-state index contributed by atoms with van der Waals surface area (Å²) in [5.41, 5.74) is 1.18. The number of hydrogen-bond donors (Lipinski definition) is 3. The zero-order chi connectivity index (χ0) is 13.0. The van der Waals surface area contributed by atoms with Gasteiger partial charge in [0.25, 0.3) is 0 Å². The maximum Gasteiger partial charge on any atom is 0.315 e. The Morgan fingerprint density at radius 3 is 3.11 bits per heavy atom. The molecule has 2 rings (SSSR count). The first-order valence-electron chi connectivity index (χ1n) is 6.11. The van der Waals surface area contributed by atoms with E-state index in [-0.39, 0.29) is 18.6 Å². The minimum Gasteiger partial charge on any atom is -0.392 e. The predicted octanol–water partition coefficient (Wildman–Crippen LogP) is 1.90. The largest absolute Gasteiger partial charge is 0.392 e. The predicted molar refractivity (Wildman–Crippen MR) is 72.7 cm³/mol. The van der Waals surface area contributed by atoms with Crippen molar-refractivity contribution in [1.29, 1.82) is 0 Å². The Bertz CT molecular complexity index is 423. The van der Waals surface area contributed by atoms with Crippen molar-refractivity contribution in [3.05, 3.63) is 29.8 Å². The molecule has 4 nitrogen and oxygen atoms in total. The zero-order valence-electron chi connectivity index (χ0n) is 10.3. The molecule has 0 saturated carbocycles. The monoisotopic (exact) mass is 266 g/mol. The molecule has 0 aliphatic carbocycles. The number of carbonyl (C=O) groups excluding carboxylic acids is 1. The van der Waals surface area contributed by atoms with E-state index in [1.165, 1.54) is 10.5 Å². The molecule has 18 heavy (non-hydrogen) atoms. The average Bonchev–Trinajstić information content (AvgIpc) is 2.37. The van der Waals surface area contributed by atoms with Crippen LogP contribution in [0.5, 0.6) is 0 Å². The normalized spacial score (nSPS) is 19.8. The summed E-state index contributed by atoms with van der Waals surface area (Å²) in [5, 5.41) is 14.7. The van der Waals surface area contributed by atoms with Crippen LogP contribution in [0.15, 0.2) is 29.2 Å². The molecule has 98 valence electrons. The summed E-state index contributed by atoms with van der Waals surface area (Å²) in [6, 6.07) is 8.00. The molecule has 1 aromatic carbocycles. The number of rotatable bonds is 3. The van der Waals surface area contributed by atoms with E-state index in [0.29, 0.717) is 0 Å². The molecule has 2 atom stereocenters. The highest BCUT2D eigenvalue weighted by atomic mass is 32.2. The summed E-state index contributed by atoms with van der Waals surface area (Å²) in [6.07, 6.45) is 0.411. The van der Waals surface area contributed by atoms with E-state index in [0.717, 1.165) is 12.2 Å². The van der Waals surface area contributed by atoms with Gasteiger partial charge in [0.2, 0.25) is 0 Å². The summed E-state index contributed by atoms with van der Waals surface area (Å²) in [5.74, 6) is 1.01. The third-order valence-electron chi connectivity index (χ3n) is 2.82. The molecule has 2 amide bonds. The first kappa shape index (κ1) is 13.2. The fraction of sp³-hybridized carbons (Fsp3) is 0.462. The van der Waals surface area contributed by atoms with Gasteiger partial charge in [0.1, 0.15) is 0 Å². The highest BCUT2D eigenvalue weighted by Crippen LogP contribution is 2.35. The summed E-state index contributed by atoms with van der Waals surface area (Å²) < 4.78 is 0. The van der Waals surface area contributed by atoms with Crippen LogP contribution in [-0.4, -0.2) is 29.5 Å². The molecule has 1 aromatic rings. The average molecular weight is 266 g/mol. The molecule has 3 N–H and O–H groups in total. The van der Waals surface area contributed by atoms with Gasteiger partial charge in [-0.1, -0.05) is 18.2 Å². The van der Waals surface area contributed by atoms with E-state index in [1.807, 2.05) is 23.9 Å². The van der Waals surface area contributed by atoms with E-state index < -0.39 is 6.10 Å². The standard InChI is InChI=1S/C13H18N2O2S/c1-9(16)8-14-13(17)15-11-6-7-18-12-5-3-2-4-10(11)12/h2-5,9,11,16H,6-8H2,1H3,(H2,14,15,17)/t9-,11-/m0/s1. The van der Waals surface area contributed by atoms with E-state index >= 15 is 0 Å². The smallest absolute Gasteiger partial charge is 0.315 e. The van der Waals surface area contributed by atoms with Crippen molar-refractivity contribution in [2.75, 3.05) is 12.3 Å². The Morgan fingerprint density at radius 2 is 2.33 bits per heavy atom. The first-order valence-corrected chi connectivity index (χ1v) is 7.09. The van der Waals surface area contributed by atoms with Crippen LogP contribution in [0, 0.1) is 0 Å². The van der Waals surface area contributed by atoms with Gasteiger partial charge in [-0.25, -0.2) is 4.79 Å². The second kappa shape index (κ2) is 6.11. The molecular formula is C13H18N2O2S. The number of benzene rings is 1. The van der Waals surface area contributed by atoms with Crippen molar-refractivity contribution < 1.29 is 9.90 Å². The van der Waals surface area contributed by atoms with Gasteiger partial charge in [-0.15, -0.1) is 11.8 Å². The number of fused-ring (bicyclic) bond motifs is 1. The first-order chi connectivity index (χ1) is 8.66. The number of amides is 2. The van der Waals surface area contributed by atoms with E-state index in [2.05, 4.69) is 22.8 Å². The minimum atomic E-state index is -0.523. The lowest BCUT2D eigenvalue weighted by Gasteiger charge is -2.26. The van der Waals surface area contributed by atoms with Gasteiger partial charge in [-0.05, 0) is 25.0 Å². The van der Waals surface area contributed by atoms with Gasteiger partial charge in [0.05, 0.1) is 12.1 Å². The Balaban J connectivity index is 1.96. The van der Waals surface area contributed by atoms with Crippen LogP contribution in [0.4, 0.5) is 4.79 Å². The Hall–Kier alpha value is -1.20. The quantitative estimate of drug-likeness (QED) is 0.783.